The largest absolute Gasteiger partial charge is 0.289 e. The molecule has 2 atom stereocenters. The fraction of sp³-hybridized carbons (Fsp3) is 0.333. The summed E-state index contributed by atoms with van der Waals surface area (Å²) in [6.07, 6.45) is 6.37. The number of rotatable bonds is 4. The molecule has 1 fully saturated rings. The molecule has 0 aliphatic carbocycles. The van der Waals surface area contributed by atoms with Crippen molar-refractivity contribution < 1.29 is 8.78 Å². The molecule has 2 aliphatic rings. The van der Waals surface area contributed by atoms with Gasteiger partial charge in [0.05, 0.1) is 0 Å². The van der Waals surface area contributed by atoms with Crippen molar-refractivity contribution in [3.63, 3.8) is 0 Å². The number of benzene rings is 2. The Morgan fingerprint density at radius 3 is 2.38 bits per heavy atom. The summed E-state index contributed by atoms with van der Waals surface area (Å²) in [6.45, 7) is 0.981. The summed E-state index contributed by atoms with van der Waals surface area (Å²) in [5.74, 6) is -0.981. The molecular weight excluding hydrogens is 304 g/mol. The van der Waals surface area contributed by atoms with E-state index in [1.165, 1.54) is 36.1 Å². The van der Waals surface area contributed by atoms with E-state index in [-0.39, 0.29) is 0 Å². The Morgan fingerprint density at radius 1 is 0.917 bits per heavy atom. The van der Waals surface area contributed by atoms with Gasteiger partial charge in [-0.3, -0.25) is 4.90 Å². The van der Waals surface area contributed by atoms with Crippen LogP contribution in [0.4, 0.5) is 8.78 Å². The molecule has 0 radical (unpaired) electrons. The number of fused-ring (bicyclic) bond motifs is 2. The normalized spacial score (nSPS) is 23.3. The second-order valence-corrected chi connectivity index (χ2v) is 6.94. The average Bonchev–Trinajstić information content (AvgIpc) is 2.78. The molecule has 0 amide bonds. The fourth-order valence-corrected chi connectivity index (χ4v) is 4.15. The molecule has 0 aromatic heterocycles. The molecule has 124 valence electrons. The third kappa shape index (κ3) is 3.27. The molecule has 3 heteroatoms. The molecule has 1 saturated heterocycles. The summed E-state index contributed by atoms with van der Waals surface area (Å²) in [5, 5.41) is 0. The molecule has 2 bridgehead atoms. The van der Waals surface area contributed by atoms with Crippen LogP contribution in [0.15, 0.2) is 60.2 Å². The molecular formula is C21H21F2N. The van der Waals surface area contributed by atoms with Crippen LogP contribution in [0.25, 0.3) is 0 Å². The third-order valence-electron chi connectivity index (χ3n) is 5.18. The van der Waals surface area contributed by atoms with Crippen LogP contribution in [-0.2, 0) is 13.0 Å². The van der Waals surface area contributed by atoms with E-state index in [1.54, 1.807) is 0 Å². The summed E-state index contributed by atoms with van der Waals surface area (Å²) < 4.78 is 26.8. The van der Waals surface area contributed by atoms with Crippen molar-refractivity contribution in [1.82, 2.24) is 4.90 Å². The lowest BCUT2D eigenvalue weighted by molar-refractivity contribution is 0.194. The van der Waals surface area contributed by atoms with E-state index >= 15 is 0 Å². The van der Waals surface area contributed by atoms with Crippen LogP contribution in [0.3, 0.4) is 0 Å². The molecule has 2 heterocycles. The molecule has 2 aliphatic heterocycles. The van der Waals surface area contributed by atoms with Gasteiger partial charge in [0.2, 0.25) is 0 Å². The van der Waals surface area contributed by atoms with Gasteiger partial charge < -0.3 is 0 Å². The Labute approximate surface area is 141 Å². The number of hydrogen-bond acceptors (Lipinski definition) is 1. The van der Waals surface area contributed by atoms with E-state index in [9.17, 15) is 8.78 Å². The third-order valence-corrected chi connectivity index (χ3v) is 5.18. The van der Waals surface area contributed by atoms with Crippen LogP contribution >= 0.6 is 0 Å². The van der Waals surface area contributed by atoms with Crippen LogP contribution < -0.4 is 0 Å². The van der Waals surface area contributed by atoms with Crippen LogP contribution in [0.5, 0.6) is 0 Å². The van der Waals surface area contributed by atoms with Crippen molar-refractivity contribution in [2.75, 3.05) is 0 Å². The zero-order valence-corrected chi connectivity index (χ0v) is 13.6. The van der Waals surface area contributed by atoms with Crippen molar-refractivity contribution in [3.8, 4) is 0 Å². The van der Waals surface area contributed by atoms with Gasteiger partial charge in [0.25, 0.3) is 0 Å². The topological polar surface area (TPSA) is 3.24 Å². The predicted octanol–water partition coefficient (Wildman–Crippen LogP) is 4.87. The lowest BCUT2D eigenvalue weighted by Crippen LogP contribution is -2.38. The maximum absolute atomic E-state index is 13.4. The van der Waals surface area contributed by atoms with Gasteiger partial charge in [0, 0.05) is 24.7 Å². The molecule has 2 unspecified atom stereocenters. The van der Waals surface area contributed by atoms with E-state index < -0.39 is 11.6 Å². The van der Waals surface area contributed by atoms with Gasteiger partial charge in [-0.25, -0.2) is 8.78 Å². The highest BCUT2D eigenvalue weighted by Gasteiger charge is 2.36. The molecule has 0 N–H and O–H groups in total. The monoisotopic (exact) mass is 325 g/mol. The molecule has 4 rings (SSSR count). The quantitative estimate of drug-likeness (QED) is 0.725. The van der Waals surface area contributed by atoms with Gasteiger partial charge in [-0.05, 0) is 48.9 Å². The van der Waals surface area contributed by atoms with E-state index in [0.717, 1.165) is 24.6 Å². The van der Waals surface area contributed by atoms with Crippen molar-refractivity contribution in [3.05, 3.63) is 82.9 Å². The highest BCUT2D eigenvalue weighted by Crippen LogP contribution is 2.37. The lowest BCUT2D eigenvalue weighted by atomic mass is 9.94. The molecule has 1 nitrogen and oxygen atoms in total. The minimum atomic E-state index is -0.491. The number of nitrogens with zero attached hydrogens (tertiary/aromatic N) is 1. The Kier molecular flexibility index (Phi) is 4.19. The van der Waals surface area contributed by atoms with Crippen LogP contribution in [-0.4, -0.2) is 17.0 Å². The van der Waals surface area contributed by atoms with Gasteiger partial charge in [0.15, 0.2) is 0 Å². The maximum atomic E-state index is 13.4. The van der Waals surface area contributed by atoms with Gasteiger partial charge in [0.1, 0.15) is 11.6 Å². The lowest BCUT2D eigenvalue weighted by Gasteiger charge is -2.34. The first-order valence-corrected chi connectivity index (χ1v) is 8.61. The summed E-state index contributed by atoms with van der Waals surface area (Å²) >= 11 is 0. The zero-order valence-electron chi connectivity index (χ0n) is 13.6. The standard InChI is InChI=1S/C21H21F2N/c22-18-9-16(10-19(23)13-18)8-17-11-20-6-7-21(12-17)24(20)14-15-4-2-1-3-5-15/h1-5,9-11,13,20-21H,6-8,12,14H2. The Morgan fingerprint density at radius 2 is 1.67 bits per heavy atom. The van der Waals surface area contributed by atoms with Gasteiger partial charge in [-0.15, -0.1) is 0 Å². The van der Waals surface area contributed by atoms with E-state index in [2.05, 4.69) is 35.2 Å². The molecule has 2 aromatic carbocycles. The van der Waals surface area contributed by atoms with Gasteiger partial charge >= 0.3 is 0 Å². The molecule has 0 spiro atoms. The highest BCUT2D eigenvalue weighted by molar-refractivity contribution is 5.28. The van der Waals surface area contributed by atoms with Gasteiger partial charge in [-0.2, -0.15) is 0 Å². The summed E-state index contributed by atoms with van der Waals surface area (Å²) in [4.78, 5) is 2.57. The first-order valence-electron chi connectivity index (χ1n) is 8.61. The maximum Gasteiger partial charge on any atom is 0.126 e. The minimum Gasteiger partial charge on any atom is -0.289 e. The van der Waals surface area contributed by atoms with Crippen molar-refractivity contribution in [2.45, 2.75) is 44.3 Å². The first kappa shape index (κ1) is 15.5. The summed E-state index contributed by atoms with van der Waals surface area (Å²) in [5.41, 5.74) is 3.39. The number of hydrogen-bond donors (Lipinski definition) is 0. The Bertz CT molecular complexity index is 733. The minimum absolute atomic E-state index is 0.456. The predicted molar refractivity (Wildman–Crippen MR) is 91.6 cm³/mol. The molecule has 0 saturated carbocycles. The number of halogens is 2. The van der Waals surface area contributed by atoms with Crippen LogP contribution in [0, 0.1) is 11.6 Å². The summed E-state index contributed by atoms with van der Waals surface area (Å²) in [6, 6.07) is 15.4. The van der Waals surface area contributed by atoms with Crippen LogP contribution in [0.2, 0.25) is 0 Å². The molecule has 24 heavy (non-hydrogen) atoms. The van der Waals surface area contributed by atoms with E-state index in [1.807, 2.05) is 6.07 Å². The Balaban J connectivity index is 1.49. The second kappa shape index (κ2) is 6.48. The smallest absolute Gasteiger partial charge is 0.126 e. The summed E-state index contributed by atoms with van der Waals surface area (Å²) in [7, 11) is 0. The van der Waals surface area contributed by atoms with E-state index in [0.29, 0.717) is 18.5 Å². The van der Waals surface area contributed by atoms with Crippen molar-refractivity contribution >= 4 is 0 Å². The molecule has 2 aromatic rings. The van der Waals surface area contributed by atoms with Gasteiger partial charge in [-0.1, -0.05) is 42.0 Å². The zero-order chi connectivity index (χ0) is 16.5. The van der Waals surface area contributed by atoms with Crippen molar-refractivity contribution in [2.24, 2.45) is 0 Å². The SMILES string of the molecule is Fc1cc(F)cc(CC2=CC3CCC(C2)N3Cc2ccccc2)c1. The second-order valence-electron chi connectivity index (χ2n) is 6.94. The van der Waals surface area contributed by atoms with Crippen molar-refractivity contribution in [1.29, 1.82) is 0 Å². The first-order chi connectivity index (χ1) is 11.7. The highest BCUT2D eigenvalue weighted by atomic mass is 19.1. The van der Waals surface area contributed by atoms with E-state index in [4.69, 9.17) is 0 Å². The Hall–Kier alpha value is -2.00. The van der Waals surface area contributed by atoms with Crippen LogP contribution in [0.1, 0.15) is 30.4 Å². The average molecular weight is 325 g/mol. The fourth-order valence-electron chi connectivity index (χ4n) is 4.15.